The molecule has 0 saturated carbocycles. The minimum atomic E-state index is -4.22. The predicted octanol–water partition coefficient (Wildman–Crippen LogP) is 0.220. The Morgan fingerprint density at radius 2 is 1.79 bits per heavy atom. The summed E-state index contributed by atoms with van der Waals surface area (Å²) in [6.07, 6.45) is -1.05. The van der Waals surface area contributed by atoms with E-state index in [2.05, 4.69) is 10.0 Å². The molecule has 1 amide bonds. The molecule has 1 unspecified atom stereocenters. The maximum Gasteiger partial charge on any atom is 0.313 e. The van der Waals surface area contributed by atoms with E-state index < -0.39 is 57.9 Å². The number of benzene rings is 1. The number of hydrogen-bond acceptors (Lipinski definition) is 7. The predicted molar refractivity (Wildman–Crippen MR) is 98.3 cm³/mol. The lowest BCUT2D eigenvalue weighted by Crippen LogP contribution is -2.47. The van der Waals surface area contributed by atoms with Crippen LogP contribution in [0.15, 0.2) is 24.3 Å². The minimum Gasteiger partial charge on any atom is -0.481 e. The number of nitrogens with zero attached hydrogens (tertiary/aromatic N) is 1. The second-order valence-corrected chi connectivity index (χ2v) is 10.4. The normalized spacial score (nSPS) is 15.8. The SMILES string of the molecule is C[C@@H](NS(=O)(=O)Cc1ccc([N+](=O)[O-])cc1)C(=O)N[C@H](C)P(=O)(O)CC(=O)O. The van der Waals surface area contributed by atoms with Crippen molar-refractivity contribution in [2.45, 2.75) is 31.4 Å². The number of carboxylic acid groups (broad SMARTS) is 1. The number of aliphatic carboxylic acids is 1. The first kappa shape index (κ1) is 23.7. The van der Waals surface area contributed by atoms with E-state index in [4.69, 9.17) is 5.11 Å². The molecule has 0 aliphatic heterocycles. The lowest BCUT2D eigenvalue weighted by atomic mass is 10.2. The lowest BCUT2D eigenvalue weighted by molar-refractivity contribution is -0.384. The quantitative estimate of drug-likeness (QED) is 0.225. The van der Waals surface area contributed by atoms with Crippen molar-refractivity contribution in [3.63, 3.8) is 0 Å². The summed E-state index contributed by atoms with van der Waals surface area (Å²) in [5.74, 6) is -4.36. The fourth-order valence-electron chi connectivity index (χ4n) is 2.06. The van der Waals surface area contributed by atoms with E-state index in [1.807, 2.05) is 0 Å². The number of nitrogens with one attached hydrogen (secondary N) is 2. The number of hydrogen-bond donors (Lipinski definition) is 4. The van der Waals surface area contributed by atoms with E-state index in [1.165, 1.54) is 19.1 Å². The maximum absolute atomic E-state index is 12.2. The van der Waals surface area contributed by atoms with Crippen molar-refractivity contribution in [1.82, 2.24) is 10.0 Å². The molecule has 12 nitrogen and oxygen atoms in total. The highest BCUT2D eigenvalue weighted by molar-refractivity contribution is 7.88. The van der Waals surface area contributed by atoms with Gasteiger partial charge in [0.05, 0.1) is 16.7 Å². The Balaban J connectivity index is 2.72. The van der Waals surface area contributed by atoms with Crippen LogP contribution in [0.5, 0.6) is 0 Å². The van der Waals surface area contributed by atoms with Crippen molar-refractivity contribution in [3.05, 3.63) is 39.9 Å². The molecule has 0 heterocycles. The summed E-state index contributed by atoms with van der Waals surface area (Å²) in [6.45, 7) is 2.34. The first-order chi connectivity index (χ1) is 12.7. The van der Waals surface area contributed by atoms with Crippen LogP contribution < -0.4 is 10.0 Å². The number of rotatable bonds is 10. The molecular weight excluding hydrogens is 417 g/mol. The first-order valence-corrected chi connectivity index (χ1v) is 11.4. The monoisotopic (exact) mass is 437 g/mol. The number of carbonyl (C=O) groups is 2. The van der Waals surface area contributed by atoms with Crippen LogP contribution in [0.1, 0.15) is 19.4 Å². The molecule has 0 aliphatic carbocycles. The molecule has 1 rings (SSSR count). The first-order valence-electron chi connectivity index (χ1n) is 7.80. The van der Waals surface area contributed by atoms with Crippen molar-refractivity contribution in [2.24, 2.45) is 0 Å². The summed E-state index contributed by atoms with van der Waals surface area (Å²) in [7, 11) is -8.22. The Kier molecular flexibility index (Phi) is 7.82. The topological polar surface area (TPSA) is 193 Å². The number of carbonyl (C=O) groups excluding carboxylic acids is 1. The standard InChI is InChI=1S/C14H20N3O9PS/c1-9(14(20)15-10(2)27(23,24)7-13(18)19)16-28(25,26)8-11-3-5-12(6-4-11)17(21)22/h3-6,9-10,16H,7-8H2,1-2H3,(H,15,20)(H,18,19)(H,23,24)/t9-,10+/m1/s1. The van der Waals surface area contributed by atoms with E-state index in [0.29, 0.717) is 0 Å². The molecule has 3 atom stereocenters. The molecule has 28 heavy (non-hydrogen) atoms. The van der Waals surface area contributed by atoms with Gasteiger partial charge in [-0.2, -0.15) is 0 Å². The summed E-state index contributed by atoms with van der Waals surface area (Å²) in [4.78, 5) is 42.2. The smallest absolute Gasteiger partial charge is 0.313 e. The molecule has 14 heteroatoms. The largest absolute Gasteiger partial charge is 0.481 e. The summed E-state index contributed by atoms with van der Waals surface area (Å²) in [6, 6.07) is 3.50. The highest BCUT2D eigenvalue weighted by Crippen LogP contribution is 2.44. The molecule has 156 valence electrons. The Bertz CT molecular complexity index is 901. The Morgan fingerprint density at radius 1 is 1.25 bits per heavy atom. The van der Waals surface area contributed by atoms with Gasteiger partial charge >= 0.3 is 5.97 Å². The molecule has 0 fully saturated rings. The molecule has 1 aromatic carbocycles. The molecule has 4 N–H and O–H groups in total. The molecule has 0 bridgehead atoms. The third-order valence-corrected chi connectivity index (χ3v) is 7.06. The van der Waals surface area contributed by atoms with Gasteiger partial charge in [-0.3, -0.25) is 24.3 Å². The summed E-state index contributed by atoms with van der Waals surface area (Å²) in [5, 5.41) is 21.3. The van der Waals surface area contributed by atoms with Crippen LogP contribution in [-0.4, -0.2) is 53.2 Å². The average Bonchev–Trinajstić information content (AvgIpc) is 2.52. The highest BCUT2D eigenvalue weighted by Gasteiger charge is 2.32. The van der Waals surface area contributed by atoms with Crippen LogP contribution >= 0.6 is 7.37 Å². The third-order valence-electron chi connectivity index (χ3n) is 3.57. The van der Waals surface area contributed by atoms with Gasteiger partial charge in [0.15, 0.2) is 0 Å². The van der Waals surface area contributed by atoms with Gasteiger partial charge in [-0.15, -0.1) is 0 Å². The molecule has 0 aliphatic rings. The number of nitro groups is 1. The highest BCUT2D eigenvalue weighted by atomic mass is 32.2. The second kappa shape index (κ2) is 9.24. The van der Waals surface area contributed by atoms with Crippen LogP contribution in [0.2, 0.25) is 0 Å². The van der Waals surface area contributed by atoms with E-state index in [-0.39, 0.29) is 11.3 Å². The fourth-order valence-corrected chi connectivity index (χ4v) is 4.41. The maximum atomic E-state index is 12.2. The van der Waals surface area contributed by atoms with Crippen LogP contribution in [0.25, 0.3) is 0 Å². The number of amides is 1. The van der Waals surface area contributed by atoms with Gasteiger partial charge in [-0.1, -0.05) is 12.1 Å². The van der Waals surface area contributed by atoms with Gasteiger partial charge in [0.2, 0.25) is 23.3 Å². The van der Waals surface area contributed by atoms with Gasteiger partial charge in [0.1, 0.15) is 11.9 Å². The van der Waals surface area contributed by atoms with Crippen molar-refractivity contribution < 1.29 is 37.5 Å². The molecule has 0 saturated heterocycles. The van der Waals surface area contributed by atoms with E-state index in [1.54, 1.807) is 0 Å². The third kappa shape index (κ3) is 7.35. The Labute approximate surface area is 160 Å². The van der Waals surface area contributed by atoms with E-state index >= 15 is 0 Å². The molecule has 0 radical (unpaired) electrons. The van der Waals surface area contributed by atoms with Gasteiger partial charge in [0.25, 0.3) is 5.69 Å². The fraction of sp³-hybridized carbons (Fsp3) is 0.429. The van der Waals surface area contributed by atoms with Gasteiger partial charge in [-0.25, -0.2) is 13.1 Å². The number of sulfonamides is 1. The van der Waals surface area contributed by atoms with E-state index in [0.717, 1.165) is 19.1 Å². The Morgan fingerprint density at radius 3 is 2.25 bits per heavy atom. The van der Waals surface area contributed by atoms with E-state index in [9.17, 15) is 37.6 Å². The van der Waals surface area contributed by atoms with Crippen LogP contribution in [-0.2, 0) is 29.9 Å². The summed E-state index contributed by atoms with van der Waals surface area (Å²) in [5.41, 5.74) is 0.0472. The van der Waals surface area contributed by atoms with Crippen molar-refractivity contribution in [2.75, 3.05) is 6.16 Å². The number of carboxylic acids is 1. The van der Waals surface area contributed by atoms with Crippen LogP contribution in [0, 0.1) is 10.1 Å². The van der Waals surface area contributed by atoms with Crippen molar-refractivity contribution in [1.29, 1.82) is 0 Å². The lowest BCUT2D eigenvalue weighted by Gasteiger charge is -2.21. The molecular formula is C14H20N3O9PS. The molecule has 0 spiro atoms. The average molecular weight is 437 g/mol. The van der Waals surface area contributed by atoms with Gasteiger partial charge in [-0.05, 0) is 19.4 Å². The van der Waals surface area contributed by atoms with Crippen molar-refractivity contribution in [3.8, 4) is 0 Å². The number of non-ortho nitro benzene ring substituents is 1. The summed E-state index contributed by atoms with van der Waals surface area (Å²) < 4.78 is 38.2. The van der Waals surface area contributed by atoms with Gasteiger partial charge in [0, 0.05) is 12.1 Å². The minimum absolute atomic E-state index is 0.203. The zero-order valence-electron chi connectivity index (χ0n) is 14.9. The van der Waals surface area contributed by atoms with Gasteiger partial charge < -0.3 is 15.3 Å². The zero-order valence-corrected chi connectivity index (χ0v) is 16.6. The zero-order chi connectivity index (χ0) is 21.7. The summed E-state index contributed by atoms with van der Waals surface area (Å²) >= 11 is 0. The second-order valence-electron chi connectivity index (χ2n) is 6.01. The number of nitro benzene ring substituents is 1. The molecule has 0 aromatic heterocycles. The van der Waals surface area contributed by atoms with Crippen LogP contribution in [0.3, 0.4) is 0 Å². The van der Waals surface area contributed by atoms with Crippen LogP contribution in [0.4, 0.5) is 5.69 Å². The van der Waals surface area contributed by atoms with Crippen molar-refractivity contribution >= 4 is 35.0 Å². The molecule has 1 aromatic rings. The Hall–Kier alpha value is -2.34.